The summed E-state index contributed by atoms with van der Waals surface area (Å²) in [6.45, 7) is 2.12. The van der Waals surface area contributed by atoms with Crippen molar-refractivity contribution in [2.24, 2.45) is 0 Å². The molecule has 1 saturated heterocycles. The average molecular weight is 314 g/mol. The largest absolute Gasteiger partial charge is 0.311 e. The van der Waals surface area contributed by atoms with E-state index >= 15 is 0 Å². The summed E-state index contributed by atoms with van der Waals surface area (Å²) >= 11 is 3.19. The lowest BCUT2D eigenvalue weighted by molar-refractivity contribution is 0.0956. The van der Waals surface area contributed by atoms with E-state index in [-0.39, 0.29) is 17.4 Å². The maximum absolute atomic E-state index is 13.7. The number of nitrogens with one attached hydrogen (secondary N) is 1. The highest BCUT2D eigenvalue weighted by Crippen LogP contribution is 2.20. The molecule has 1 aromatic carbocycles. The van der Waals surface area contributed by atoms with Crippen molar-refractivity contribution in [2.75, 3.05) is 0 Å². The van der Waals surface area contributed by atoms with Gasteiger partial charge in [-0.2, -0.15) is 0 Å². The SMILES string of the molecule is CC1CCCC(CC(=O)c2ccc(Br)cc2F)N1. The summed E-state index contributed by atoms with van der Waals surface area (Å²) in [6.07, 6.45) is 3.66. The fraction of sp³-hybridized carbons (Fsp3) is 0.500. The van der Waals surface area contributed by atoms with Crippen molar-refractivity contribution in [3.63, 3.8) is 0 Å². The first-order valence-corrected chi connectivity index (χ1v) is 7.10. The Morgan fingerprint density at radius 1 is 1.50 bits per heavy atom. The first-order chi connectivity index (χ1) is 8.56. The van der Waals surface area contributed by atoms with Crippen molar-refractivity contribution in [2.45, 2.75) is 44.7 Å². The van der Waals surface area contributed by atoms with E-state index in [0.717, 1.165) is 19.3 Å². The fourth-order valence-electron chi connectivity index (χ4n) is 2.45. The summed E-state index contributed by atoms with van der Waals surface area (Å²) in [5.74, 6) is -0.565. The number of hydrogen-bond acceptors (Lipinski definition) is 2. The lowest BCUT2D eigenvalue weighted by Crippen LogP contribution is -2.41. The van der Waals surface area contributed by atoms with Crippen LogP contribution >= 0.6 is 15.9 Å². The molecule has 0 aliphatic carbocycles. The molecule has 0 bridgehead atoms. The zero-order valence-electron chi connectivity index (χ0n) is 10.4. The van der Waals surface area contributed by atoms with Crippen LogP contribution in [0.5, 0.6) is 0 Å². The smallest absolute Gasteiger partial charge is 0.167 e. The maximum atomic E-state index is 13.7. The van der Waals surface area contributed by atoms with Crippen LogP contribution in [-0.4, -0.2) is 17.9 Å². The number of rotatable bonds is 3. The molecular formula is C14H17BrFNO. The van der Waals surface area contributed by atoms with Crippen molar-refractivity contribution in [1.29, 1.82) is 0 Å². The molecule has 2 rings (SSSR count). The quantitative estimate of drug-likeness (QED) is 0.862. The number of halogens is 2. The maximum Gasteiger partial charge on any atom is 0.167 e. The van der Waals surface area contributed by atoms with E-state index in [1.807, 2.05) is 0 Å². The molecule has 1 aromatic rings. The highest BCUT2D eigenvalue weighted by molar-refractivity contribution is 9.10. The van der Waals surface area contributed by atoms with Crippen LogP contribution in [0.15, 0.2) is 22.7 Å². The van der Waals surface area contributed by atoms with Crippen molar-refractivity contribution in [3.8, 4) is 0 Å². The monoisotopic (exact) mass is 313 g/mol. The van der Waals surface area contributed by atoms with Gasteiger partial charge in [-0.3, -0.25) is 4.79 Å². The molecule has 1 heterocycles. The van der Waals surface area contributed by atoms with E-state index in [1.165, 1.54) is 6.07 Å². The molecule has 4 heteroatoms. The van der Waals surface area contributed by atoms with Crippen LogP contribution in [0.3, 0.4) is 0 Å². The summed E-state index contributed by atoms with van der Waals surface area (Å²) in [6, 6.07) is 5.22. The van der Waals surface area contributed by atoms with Crippen LogP contribution in [-0.2, 0) is 0 Å². The molecule has 1 aliphatic heterocycles. The minimum Gasteiger partial charge on any atom is -0.311 e. The van der Waals surface area contributed by atoms with Crippen molar-refractivity contribution >= 4 is 21.7 Å². The van der Waals surface area contributed by atoms with Crippen LogP contribution < -0.4 is 5.32 Å². The van der Waals surface area contributed by atoms with Gasteiger partial charge in [0.15, 0.2) is 5.78 Å². The van der Waals surface area contributed by atoms with Gasteiger partial charge in [-0.05, 0) is 38.0 Å². The van der Waals surface area contributed by atoms with Crippen LogP contribution in [0.4, 0.5) is 4.39 Å². The first kappa shape index (κ1) is 13.7. The summed E-state index contributed by atoms with van der Waals surface area (Å²) in [4.78, 5) is 12.1. The molecule has 2 nitrogen and oxygen atoms in total. The third-order valence-corrected chi connectivity index (χ3v) is 3.87. The highest BCUT2D eigenvalue weighted by Gasteiger charge is 2.22. The zero-order valence-corrected chi connectivity index (χ0v) is 12.0. The van der Waals surface area contributed by atoms with Crippen molar-refractivity contribution < 1.29 is 9.18 Å². The molecular weight excluding hydrogens is 297 g/mol. The zero-order chi connectivity index (χ0) is 13.1. The van der Waals surface area contributed by atoms with Gasteiger partial charge >= 0.3 is 0 Å². The van der Waals surface area contributed by atoms with Gasteiger partial charge in [-0.25, -0.2) is 4.39 Å². The molecule has 98 valence electrons. The summed E-state index contributed by atoms with van der Waals surface area (Å²) in [5, 5.41) is 3.40. The molecule has 1 aliphatic rings. The standard InChI is InChI=1S/C14H17BrFNO/c1-9-3-2-4-11(17-9)8-14(18)12-6-5-10(15)7-13(12)16/h5-7,9,11,17H,2-4,8H2,1H3. The van der Waals surface area contributed by atoms with E-state index in [2.05, 4.69) is 28.2 Å². The van der Waals surface area contributed by atoms with E-state index in [1.54, 1.807) is 12.1 Å². The van der Waals surface area contributed by atoms with E-state index in [4.69, 9.17) is 0 Å². The van der Waals surface area contributed by atoms with Gasteiger partial charge in [0.1, 0.15) is 5.82 Å². The topological polar surface area (TPSA) is 29.1 Å². The Hall–Kier alpha value is -0.740. The third-order valence-electron chi connectivity index (χ3n) is 3.37. The molecule has 0 radical (unpaired) electrons. The Kier molecular flexibility index (Phi) is 4.51. The number of carbonyl (C=O) groups excluding carboxylic acids is 1. The highest BCUT2D eigenvalue weighted by atomic mass is 79.9. The number of piperidine rings is 1. The third kappa shape index (κ3) is 3.39. The van der Waals surface area contributed by atoms with Gasteiger partial charge in [-0.1, -0.05) is 22.4 Å². The van der Waals surface area contributed by atoms with Gasteiger partial charge in [0.2, 0.25) is 0 Å². The van der Waals surface area contributed by atoms with Gasteiger partial charge < -0.3 is 5.32 Å². The minimum atomic E-state index is -0.446. The van der Waals surface area contributed by atoms with Crippen LogP contribution in [0.2, 0.25) is 0 Å². The summed E-state index contributed by atoms with van der Waals surface area (Å²) < 4.78 is 14.3. The Bertz CT molecular complexity index is 449. The number of ketones is 1. The number of carbonyl (C=O) groups is 1. The molecule has 0 amide bonds. The Morgan fingerprint density at radius 2 is 2.28 bits per heavy atom. The van der Waals surface area contributed by atoms with Gasteiger partial charge in [0.25, 0.3) is 0 Å². The van der Waals surface area contributed by atoms with Crippen LogP contribution in [0.25, 0.3) is 0 Å². The van der Waals surface area contributed by atoms with Gasteiger partial charge in [0, 0.05) is 23.0 Å². The van der Waals surface area contributed by atoms with E-state index < -0.39 is 5.82 Å². The predicted molar refractivity (Wildman–Crippen MR) is 73.3 cm³/mol. The second-order valence-corrected chi connectivity index (χ2v) is 5.86. The lowest BCUT2D eigenvalue weighted by atomic mass is 9.94. The Morgan fingerprint density at radius 3 is 2.94 bits per heavy atom. The molecule has 0 spiro atoms. The second kappa shape index (κ2) is 5.93. The molecule has 0 saturated carbocycles. The number of benzene rings is 1. The molecule has 18 heavy (non-hydrogen) atoms. The summed E-state index contributed by atoms with van der Waals surface area (Å²) in [5.41, 5.74) is 0.193. The second-order valence-electron chi connectivity index (χ2n) is 4.95. The molecule has 2 unspecified atom stereocenters. The van der Waals surface area contributed by atoms with Crippen LogP contribution in [0.1, 0.15) is 43.0 Å². The summed E-state index contributed by atoms with van der Waals surface area (Å²) in [7, 11) is 0. The van der Waals surface area contributed by atoms with Crippen molar-refractivity contribution in [3.05, 3.63) is 34.1 Å². The normalized spacial score (nSPS) is 23.9. The average Bonchev–Trinajstić information content (AvgIpc) is 2.28. The van der Waals surface area contributed by atoms with Crippen molar-refractivity contribution in [1.82, 2.24) is 5.32 Å². The predicted octanol–water partition coefficient (Wildman–Crippen LogP) is 3.69. The van der Waals surface area contributed by atoms with E-state index in [9.17, 15) is 9.18 Å². The Labute approximate surface area is 115 Å². The first-order valence-electron chi connectivity index (χ1n) is 6.30. The molecule has 2 atom stereocenters. The number of Topliss-reactive ketones (excluding diaryl/α,β-unsaturated/α-hetero) is 1. The number of hydrogen-bond donors (Lipinski definition) is 1. The van der Waals surface area contributed by atoms with E-state index in [0.29, 0.717) is 16.9 Å². The minimum absolute atomic E-state index is 0.119. The molecule has 1 N–H and O–H groups in total. The van der Waals surface area contributed by atoms with Gasteiger partial charge in [0.05, 0.1) is 5.56 Å². The van der Waals surface area contributed by atoms with Crippen LogP contribution in [0, 0.1) is 5.82 Å². The molecule has 0 aromatic heterocycles. The fourth-order valence-corrected chi connectivity index (χ4v) is 2.78. The lowest BCUT2D eigenvalue weighted by Gasteiger charge is -2.28. The Balaban J connectivity index is 2.03. The molecule has 1 fully saturated rings. The van der Waals surface area contributed by atoms with Gasteiger partial charge in [-0.15, -0.1) is 0 Å².